The normalized spacial score (nSPS) is 11.4. The van der Waals surface area contributed by atoms with Crippen molar-refractivity contribution in [2.45, 2.75) is 13.8 Å². The van der Waals surface area contributed by atoms with E-state index in [2.05, 4.69) is 147 Å². The second kappa shape index (κ2) is 9.01. The van der Waals surface area contributed by atoms with Gasteiger partial charge in [-0.25, -0.2) is 0 Å². The quantitative estimate of drug-likeness (QED) is 0.219. The van der Waals surface area contributed by atoms with Gasteiger partial charge in [-0.15, -0.1) is 0 Å². The minimum absolute atomic E-state index is 1.26. The molecule has 0 fully saturated rings. The molecule has 0 aliphatic heterocycles. The van der Waals surface area contributed by atoms with Gasteiger partial charge in [0.1, 0.15) is 0 Å². The van der Waals surface area contributed by atoms with E-state index >= 15 is 0 Å². The molecule has 0 atom stereocenters. The minimum atomic E-state index is 1.26. The highest BCUT2D eigenvalue weighted by Gasteiger charge is 2.18. The largest absolute Gasteiger partial charge is 0.0622 e. The first-order valence-corrected chi connectivity index (χ1v) is 13.3. The maximum atomic E-state index is 2.39. The second-order valence-corrected chi connectivity index (χ2v) is 10.3. The third-order valence-electron chi connectivity index (χ3n) is 7.90. The third kappa shape index (κ3) is 3.61. The van der Waals surface area contributed by atoms with Gasteiger partial charge < -0.3 is 0 Å². The predicted molar refractivity (Wildman–Crippen MR) is 165 cm³/mol. The van der Waals surface area contributed by atoms with Gasteiger partial charge in [0.2, 0.25) is 0 Å². The standard InChI is InChI=1S/C38H28/c1-25-23-36(26(2)22-35(25)28-13-4-3-5-14-28)38-33-18-10-8-16-31(33)37(32-17-9-11-19-34(32)38)30-21-20-27-12-6-7-15-29(27)24-30/h3-24H,1-2H3. The average Bonchev–Trinajstić information content (AvgIpc) is 2.97. The summed E-state index contributed by atoms with van der Waals surface area (Å²) in [6.45, 7) is 4.49. The highest BCUT2D eigenvalue weighted by Crippen LogP contribution is 2.45. The van der Waals surface area contributed by atoms with Gasteiger partial charge in [0.05, 0.1) is 0 Å². The SMILES string of the molecule is Cc1cc(-c2c3ccccc3c(-c3ccc4ccccc4c3)c3ccccc23)c(C)cc1-c1ccccc1. The Labute approximate surface area is 223 Å². The first-order valence-electron chi connectivity index (χ1n) is 13.3. The van der Waals surface area contributed by atoms with Crippen molar-refractivity contribution in [3.05, 3.63) is 145 Å². The molecule has 38 heavy (non-hydrogen) atoms. The van der Waals surface area contributed by atoms with Gasteiger partial charge in [0.15, 0.2) is 0 Å². The average molecular weight is 485 g/mol. The molecule has 0 aliphatic rings. The van der Waals surface area contributed by atoms with E-state index in [-0.39, 0.29) is 0 Å². The van der Waals surface area contributed by atoms with Crippen LogP contribution in [0.3, 0.4) is 0 Å². The lowest BCUT2D eigenvalue weighted by molar-refractivity contribution is 1.39. The van der Waals surface area contributed by atoms with Crippen molar-refractivity contribution in [3.63, 3.8) is 0 Å². The van der Waals surface area contributed by atoms with E-state index in [0.717, 1.165) is 0 Å². The molecule has 0 aliphatic carbocycles. The molecule has 0 spiro atoms. The first kappa shape index (κ1) is 22.5. The van der Waals surface area contributed by atoms with Crippen LogP contribution in [0.15, 0.2) is 133 Å². The van der Waals surface area contributed by atoms with Crippen molar-refractivity contribution in [1.82, 2.24) is 0 Å². The Kier molecular flexibility index (Phi) is 5.34. The smallest absolute Gasteiger partial charge is 0.00236 e. The summed E-state index contributed by atoms with van der Waals surface area (Å²) < 4.78 is 0. The van der Waals surface area contributed by atoms with Crippen molar-refractivity contribution in [1.29, 1.82) is 0 Å². The maximum Gasteiger partial charge on any atom is -0.00236 e. The van der Waals surface area contributed by atoms with E-state index in [4.69, 9.17) is 0 Å². The number of hydrogen-bond donors (Lipinski definition) is 0. The van der Waals surface area contributed by atoms with E-state index < -0.39 is 0 Å². The van der Waals surface area contributed by atoms with Crippen LogP contribution in [0.1, 0.15) is 11.1 Å². The molecular weight excluding hydrogens is 456 g/mol. The Morgan fingerprint density at radius 3 is 1.50 bits per heavy atom. The second-order valence-electron chi connectivity index (χ2n) is 10.3. The van der Waals surface area contributed by atoms with Gasteiger partial charge in [0.25, 0.3) is 0 Å². The highest BCUT2D eigenvalue weighted by atomic mass is 14.2. The molecule has 0 N–H and O–H groups in total. The van der Waals surface area contributed by atoms with Crippen LogP contribution in [0.5, 0.6) is 0 Å². The Balaban J connectivity index is 1.55. The monoisotopic (exact) mass is 484 g/mol. The van der Waals surface area contributed by atoms with Gasteiger partial charge in [-0.1, -0.05) is 127 Å². The Hall–Kier alpha value is -4.68. The van der Waals surface area contributed by atoms with Crippen LogP contribution in [-0.4, -0.2) is 0 Å². The van der Waals surface area contributed by atoms with E-state index in [0.29, 0.717) is 0 Å². The zero-order valence-corrected chi connectivity index (χ0v) is 21.7. The Morgan fingerprint density at radius 1 is 0.342 bits per heavy atom. The number of aryl methyl sites for hydroxylation is 2. The molecule has 0 radical (unpaired) electrons. The predicted octanol–water partition coefficient (Wildman–Crippen LogP) is 10.8. The molecule has 7 aromatic carbocycles. The fourth-order valence-electron chi connectivity index (χ4n) is 6.09. The van der Waals surface area contributed by atoms with E-state index in [1.54, 1.807) is 0 Å². The van der Waals surface area contributed by atoms with Crippen molar-refractivity contribution in [2.75, 3.05) is 0 Å². The molecule has 0 saturated carbocycles. The zero-order chi connectivity index (χ0) is 25.6. The molecule has 0 nitrogen and oxygen atoms in total. The summed E-state index contributed by atoms with van der Waals surface area (Å²) in [5, 5.41) is 7.71. The number of fused-ring (bicyclic) bond motifs is 3. The molecule has 0 heteroatoms. The topological polar surface area (TPSA) is 0 Å². The van der Waals surface area contributed by atoms with Crippen LogP contribution in [0.2, 0.25) is 0 Å². The van der Waals surface area contributed by atoms with E-state index in [1.165, 1.54) is 76.8 Å². The molecule has 0 amide bonds. The fraction of sp³-hybridized carbons (Fsp3) is 0.0526. The summed E-state index contributed by atoms with van der Waals surface area (Å²) in [6.07, 6.45) is 0. The summed E-state index contributed by atoms with van der Waals surface area (Å²) >= 11 is 0. The molecule has 0 saturated heterocycles. The highest BCUT2D eigenvalue weighted by molar-refractivity contribution is 6.22. The summed E-state index contributed by atoms with van der Waals surface area (Å²) in [7, 11) is 0. The lowest BCUT2D eigenvalue weighted by Gasteiger charge is -2.20. The fourth-order valence-corrected chi connectivity index (χ4v) is 6.09. The third-order valence-corrected chi connectivity index (χ3v) is 7.90. The summed E-state index contributed by atoms with van der Waals surface area (Å²) in [5.74, 6) is 0. The van der Waals surface area contributed by atoms with Gasteiger partial charge in [-0.3, -0.25) is 0 Å². The molecule has 0 aromatic heterocycles. The number of benzene rings is 7. The number of hydrogen-bond acceptors (Lipinski definition) is 0. The lowest BCUT2D eigenvalue weighted by atomic mass is 9.83. The van der Waals surface area contributed by atoms with E-state index in [9.17, 15) is 0 Å². The van der Waals surface area contributed by atoms with Crippen LogP contribution >= 0.6 is 0 Å². The minimum Gasteiger partial charge on any atom is -0.0622 e. The zero-order valence-electron chi connectivity index (χ0n) is 21.7. The van der Waals surface area contributed by atoms with Crippen molar-refractivity contribution >= 4 is 32.3 Å². The van der Waals surface area contributed by atoms with Crippen LogP contribution in [0.4, 0.5) is 0 Å². The molecule has 0 heterocycles. The summed E-state index contributed by atoms with van der Waals surface area (Å²) in [5.41, 5.74) is 10.3. The first-order chi connectivity index (χ1) is 18.7. The van der Waals surface area contributed by atoms with Gasteiger partial charge in [-0.05, 0) is 96.7 Å². The van der Waals surface area contributed by atoms with Crippen molar-refractivity contribution in [2.24, 2.45) is 0 Å². The number of rotatable bonds is 3. The molecule has 7 aromatic rings. The molecule has 0 bridgehead atoms. The van der Waals surface area contributed by atoms with Crippen molar-refractivity contribution < 1.29 is 0 Å². The molecule has 7 rings (SSSR count). The molecular formula is C38H28. The van der Waals surface area contributed by atoms with Crippen LogP contribution in [0.25, 0.3) is 65.7 Å². The summed E-state index contributed by atoms with van der Waals surface area (Å²) in [6, 6.07) is 48.8. The Bertz CT molecular complexity index is 1920. The van der Waals surface area contributed by atoms with Crippen LogP contribution in [-0.2, 0) is 0 Å². The Morgan fingerprint density at radius 2 is 0.842 bits per heavy atom. The molecule has 0 unspecified atom stereocenters. The van der Waals surface area contributed by atoms with Gasteiger partial charge >= 0.3 is 0 Å². The van der Waals surface area contributed by atoms with E-state index in [1.807, 2.05) is 0 Å². The van der Waals surface area contributed by atoms with Crippen LogP contribution < -0.4 is 0 Å². The maximum absolute atomic E-state index is 2.39. The molecule has 180 valence electrons. The van der Waals surface area contributed by atoms with Crippen molar-refractivity contribution in [3.8, 4) is 33.4 Å². The van der Waals surface area contributed by atoms with Crippen LogP contribution in [0, 0.1) is 13.8 Å². The van der Waals surface area contributed by atoms with Gasteiger partial charge in [-0.2, -0.15) is 0 Å². The summed E-state index contributed by atoms with van der Waals surface area (Å²) in [4.78, 5) is 0. The lowest BCUT2D eigenvalue weighted by Crippen LogP contribution is -1.94. The van der Waals surface area contributed by atoms with Gasteiger partial charge in [0, 0.05) is 0 Å².